The SMILES string of the molecule is CCCCCCCSc1ccc(-c2cc(N3CCNCC3)ccc2N(C)SC)cc1Cl. The maximum absolute atomic E-state index is 6.74. The van der Waals surface area contributed by atoms with Gasteiger partial charge in [0.2, 0.25) is 0 Å². The first kappa shape index (κ1) is 24.6. The molecule has 0 spiro atoms. The molecule has 1 fully saturated rings. The molecule has 1 heterocycles. The lowest BCUT2D eigenvalue weighted by Crippen LogP contribution is -2.43. The number of benzene rings is 2. The minimum Gasteiger partial charge on any atom is -0.369 e. The maximum Gasteiger partial charge on any atom is 0.0548 e. The average molecular weight is 478 g/mol. The zero-order valence-corrected chi connectivity index (χ0v) is 21.5. The molecule has 31 heavy (non-hydrogen) atoms. The molecular weight excluding hydrogens is 442 g/mol. The van der Waals surface area contributed by atoms with Gasteiger partial charge in [-0.15, -0.1) is 11.8 Å². The first-order valence-corrected chi connectivity index (χ1v) is 14.0. The summed E-state index contributed by atoms with van der Waals surface area (Å²) in [5.41, 5.74) is 4.94. The third-order valence-corrected chi connectivity index (χ3v) is 8.15. The van der Waals surface area contributed by atoms with E-state index in [4.69, 9.17) is 11.6 Å². The van der Waals surface area contributed by atoms with Gasteiger partial charge in [-0.2, -0.15) is 0 Å². The van der Waals surface area contributed by atoms with Crippen molar-refractivity contribution in [2.45, 2.75) is 43.9 Å². The molecule has 1 aliphatic rings. The lowest BCUT2D eigenvalue weighted by Gasteiger charge is -2.31. The number of piperazine rings is 1. The van der Waals surface area contributed by atoms with Crippen LogP contribution in [0.4, 0.5) is 11.4 Å². The molecule has 0 saturated carbocycles. The molecule has 0 aromatic heterocycles. The van der Waals surface area contributed by atoms with Crippen molar-refractivity contribution in [1.82, 2.24) is 5.32 Å². The Balaban J connectivity index is 1.78. The summed E-state index contributed by atoms with van der Waals surface area (Å²) in [5, 5.41) is 4.30. The summed E-state index contributed by atoms with van der Waals surface area (Å²) < 4.78 is 2.23. The topological polar surface area (TPSA) is 18.5 Å². The molecule has 2 aromatic carbocycles. The molecule has 0 atom stereocenters. The first-order chi connectivity index (χ1) is 15.1. The zero-order valence-electron chi connectivity index (χ0n) is 19.1. The molecule has 0 bridgehead atoms. The minimum atomic E-state index is 0.862. The van der Waals surface area contributed by atoms with Crippen LogP contribution in [0.15, 0.2) is 41.3 Å². The number of nitrogens with zero attached hydrogens (tertiary/aromatic N) is 2. The van der Waals surface area contributed by atoms with Gasteiger partial charge in [0.1, 0.15) is 0 Å². The summed E-state index contributed by atoms with van der Waals surface area (Å²) in [6.07, 6.45) is 8.68. The summed E-state index contributed by atoms with van der Waals surface area (Å²) >= 11 is 10.4. The molecular formula is C25H36ClN3S2. The highest BCUT2D eigenvalue weighted by molar-refractivity contribution is 8.00. The van der Waals surface area contributed by atoms with Crippen molar-refractivity contribution >= 4 is 46.7 Å². The molecule has 1 aliphatic heterocycles. The Morgan fingerprint density at radius 1 is 1.03 bits per heavy atom. The molecule has 6 heteroatoms. The standard InChI is InChI=1S/C25H36ClN3S2/c1-4-5-6-7-8-17-31-25-12-9-20(18-23(25)26)22-19-21(29-15-13-27-14-16-29)10-11-24(22)28(2)30-3/h9-12,18-19,27H,4-8,13-17H2,1-3H3. The van der Waals surface area contributed by atoms with Crippen molar-refractivity contribution in [3.63, 3.8) is 0 Å². The number of anilines is 2. The van der Waals surface area contributed by atoms with Crippen molar-refractivity contribution in [3.05, 3.63) is 41.4 Å². The predicted molar refractivity (Wildman–Crippen MR) is 143 cm³/mol. The number of thioether (sulfide) groups is 1. The van der Waals surface area contributed by atoms with Crippen LogP contribution in [0.5, 0.6) is 0 Å². The summed E-state index contributed by atoms with van der Waals surface area (Å²) in [5.74, 6) is 1.14. The van der Waals surface area contributed by atoms with Gasteiger partial charge in [-0.05, 0) is 48.1 Å². The molecule has 2 aromatic rings. The van der Waals surface area contributed by atoms with Gasteiger partial charge in [0.05, 0.1) is 10.7 Å². The average Bonchev–Trinajstić information content (AvgIpc) is 2.81. The smallest absolute Gasteiger partial charge is 0.0548 e. The summed E-state index contributed by atoms with van der Waals surface area (Å²) in [6, 6.07) is 13.4. The van der Waals surface area contributed by atoms with E-state index >= 15 is 0 Å². The third-order valence-electron chi connectivity index (χ3n) is 5.82. The van der Waals surface area contributed by atoms with Crippen LogP contribution in [0.3, 0.4) is 0 Å². The van der Waals surface area contributed by atoms with Crippen LogP contribution in [0.1, 0.15) is 39.0 Å². The summed E-state index contributed by atoms with van der Waals surface area (Å²) in [7, 11) is 2.12. The van der Waals surface area contributed by atoms with Crippen LogP contribution in [-0.2, 0) is 0 Å². The zero-order chi connectivity index (χ0) is 22.1. The van der Waals surface area contributed by atoms with Gasteiger partial charge in [-0.3, -0.25) is 0 Å². The molecule has 0 radical (unpaired) electrons. The second-order valence-corrected chi connectivity index (χ2v) is 10.5. The number of hydrogen-bond donors (Lipinski definition) is 1. The fraction of sp³-hybridized carbons (Fsp3) is 0.520. The van der Waals surface area contributed by atoms with E-state index in [2.05, 4.69) is 71.1 Å². The van der Waals surface area contributed by atoms with Crippen LogP contribution < -0.4 is 14.5 Å². The number of nitrogens with one attached hydrogen (secondary N) is 1. The van der Waals surface area contributed by atoms with Gasteiger partial charge >= 0.3 is 0 Å². The molecule has 3 nitrogen and oxygen atoms in total. The van der Waals surface area contributed by atoms with E-state index in [1.54, 1.807) is 11.9 Å². The highest BCUT2D eigenvalue weighted by Crippen LogP contribution is 2.39. The molecule has 1 N–H and O–H groups in total. The Bertz CT molecular complexity index is 824. The predicted octanol–water partition coefficient (Wildman–Crippen LogP) is 7.19. The van der Waals surface area contributed by atoms with Crippen molar-refractivity contribution in [2.24, 2.45) is 0 Å². The van der Waals surface area contributed by atoms with Crippen LogP contribution >= 0.6 is 35.3 Å². The molecule has 3 rings (SSSR count). The lowest BCUT2D eigenvalue weighted by molar-refractivity contribution is 0.589. The van der Waals surface area contributed by atoms with E-state index in [1.807, 2.05) is 11.8 Å². The van der Waals surface area contributed by atoms with Crippen molar-refractivity contribution in [3.8, 4) is 11.1 Å². The van der Waals surface area contributed by atoms with Crippen molar-refractivity contribution in [1.29, 1.82) is 0 Å². The fourth-order valence-electron chi connectivity index (χ4n) is 3.92. The molecule has 0 amide bonds. The Morgan fingerprint density at radius 2 is 1.81 bits per heavy atom. The lowest BCUT2D eigenvalue weighted by atomic mass is 10.0. The van der Waals surface area contributed by atoms with E-state index in [9.17, 15) is 0 Å². The fourth-order valence-corrected chi connectivity index (χ4v) is 5.55. The molecule has 1 saturated heterocycles. The van der Waals surface area contributed by atoms with E-state index in [1.165, 1.54) is 59.5 Å². The minimum absolute atomic E-state index is 0.862. The quantitative estimate of drug-likeness (QED) is 0.209. The number of unbranched alkanes of at least 4 members (excludes halogenated alkanes) is 4. The highest BCUT2D eigenvalue weighted by Gasteiger charge is 2.16. The van der Waals surface area contributed by atoms with E-state index in [0.717, 1.165) is 37.0 Å². The van der Waals surface area contributed by atoms with Crippen LogP contribution in [0.2, 0.25) is 5.02 Å². The van der Waals surface area contributed by atoms with E-state index in [-0.39, 0.29) is 0 Å². The second kappa shape index (κ2) is 12.9. The molecule has 0 unspecified atom stereocenters. The monoisotopic (exact) mass is 477 g/mol. The Morgan fingerprint density at radius 3 is 2.52 bits per heavy atom. The molecule has 170 valence electrons. The van der Waals surface area contributed by atoms with E-state index < -0.39 is 0 Å². The van der Waals surface area contributed by atoms with Gasteiger partial charge in [0.15, 0.2) is 0 Å². The maximum atomic E-state index is 6.74. The van der Waals surface area contributed by atoms with Crippen LogP contribution in [-0.4, -0.2) is 45.2 Å². The Kier molecular flexibility index (Phi) is 10.2. The summed E-state index contributed by atoms with van der Waals surface area (Å²) in [4.78, 5) is 3.66. The number of rotatable bonds is 11. The van der Waals surface area contributed by atoms with Crippen LogP contribution in [0.25, 0.3) is 11.1 Å². The van der Waals surface area contributed by atoms with E-state index in [0.29, 0.717) is 0 Å². The van der Waals surface area contributed by atoms with Gasteiger partial charge in [0.25, 0.3) is 0 Å². The molecule has 0 aliphatic carbocycles. The highest BCUT2D eigenvalue weighted by atomic mass is 35.5. The normalized spacial score (nSPS) is 14.1. The Labute approximate surface area is 202 Å². The third kappa shape index (κ3) is 6.98. The van der Waals surface area contributed by atoms with Gasteiger partial charge in [-0.1, -0.05) is 62.2 Å². The first-order valence-electron chi connectivity index (χ1n) is 11.4. The largest absolute Gasteiger partial charge is 0.369 e. The van der Waals surface area contributed by atoms with Gasteiger partial charge in [-0.25, -0.2) is 0 Å². The Hall–Kier alpha value is -1.01. The van der Waals surface area contributed by atoms with Gasteiger partial charge in [0, 0.05) is 55.6 Å². The second-order valence-electron chi connectivity index (χ2n) is 8.03. The van der Waals surface area contributed by atoms with Crippen LogP contribution in [0, 0.1) is 0 Å². The van der Waals surface area contributed by atoms with Crippen molar-refractivity contribution < 1.29 is 0 Å². The van der Waals surface area contributed by atoms with Crippen molar-refractivity contribution in [2.75, 3.05) is 54.4 Å². The number of hydrogen-bond acceptors (Lipinski definition) is 5. The number of halogens is 1. The van der Waals surface area contributed by atoms with Gasteiger partial charge < -0.3 is 14.5 Å². The summed E-state index contributed by atoms with van der Waals surface area (Å²) in [6.45, 7) is 6.44.